The van der Waals surface area contributed by atoms with Gasteiger partial charge in [-0.2, -0.15) is 0 Å². The van der Waals surface area contributed by atoms with Gasteiger partial charge in [0.15, 0.2) is 6.10 Å². The van der Waals surface area contributed by atoms with Gasteiger partial charge in [-0.15, -0.1) is 0 Å². The molecule has 1 unspecified atom stereocenters. The van der Waals surface area contributed by atoms with Gasteiger partial charge in [-0.25, -0.2) is 0 Å². The molecule has 338 valence electrons. The molecule has 0 bridgehead atoms. The maximum atomic E-state index is 12.7. The molecule has 0 amide bonds. The van der Waals surface area contributed by atoms with Crippen molar-refractivity contribution in [2.75, 3.05) is 13.2 Å². The molecule has 1 atom stereocenters. The third-order valence-corrected chi connectivity index (χ3v) is 9.75. The van der Waals surface area contributed by atoms with E-state index in [1.807, 2.05) is 66.8 Å². The molecule has 6 nitrogen and oxygen atoms in total. The molecule has 0 rings (SSSR count). The van der Waals surface area contributed by atoms with Crippen LogP contribution in [0.4, 0.5) is 0 Å². The van der Waals surface area contributed by atoms with Gasteiger partial charge in [0.2, 0.25) is 0 Å². The van der Waals surface area contributed by atoms with Crippen LogP contribution in [0.5, 0.6) is 0 Å². The summed E-state index contributed by atoms with van der Waals surface area (Å²) in [6.07, 6.45) is 63.5. The van der Waals surface area contributed by atoms with Gasteiger partial charge >= 0.3 is 17.9 Å². The number of carbonyl (C=O) groups excluding carboxylic acids is 3. The molecular weight excluding hydrogens is 745 g/mol. The topological polar surface area (TPSA) is 78.9 Å². The molecule has 0 spiro atoms. The van der Waals surface area contributed by atoms with Gasteiger partial charge < -0.3 is 14.2 Å². The summed E-state index contributed by atoms with van der Waals surface area (Å²) in [5, 5.41) is 0. The summed E-state index contributed by atoms with van der Waals surface area (Å²) in [4.78, 5) is 37.9. The number of hydrogen-bond acceptors (Lipinski definition) is 6. The molecule has 0 aromatic rings. The Morgan fingerprint density at radius 3 is 1.03 bits per heavy atom. The van der Waals surface area contributed by atoms with Crippen molar-refractivity contribution < 1.29 is 28.6 Å². The monoisotopic (exact) mass is 831 g/mol. The molecule has 0 saturated heterocycles. The lowest BCUT2D eigenvalue weighted by Crippen LogP contribution is -2.30. The molecule has 0 aliphatic rings. The van der Waals surface area contributed by atoms with Gasteiger partial charge in [0.25, 0.3) is 0 Å². The lowest BCUT2D eigenvalue weighted by molar-refractivity contribution is -0.167. The van der Waals surface area contributed by atoms with E-state index in [4.69, 9.17) is 14.2 Å². The lowest BCUT2D eigenvalue weighted by Gasteiger charge is -2.18. The van der Waals surface area contributed by atoms with E-state index in [0.29, 0.717) is 19.3 Å². The number of ether oxygens (including phenoxy) is 3. The first-order valence-electron chi connectivity index (χ1n) is 24.0. The fourth-order valence-electron chi connectivity index (χ4n) is 6.18. The number of carbonyl (C=O) groups is 3. The SMILES string of the molecule is CC\C=C/C=C\C=C/C=C\C=C\C=C/CCCCCC(=O)OCC(COC(=O)CCCCCCCCCCCCCC)OC(=O)CCCCCCC\C=C/C=C\C=C/CC. The van der Waals surface area contributed by atoms with E-state index >= 15 is 0 Å². The smallest absolute Gasteiger partial charge is 0.306 e. The summed E-state index contributed by atoms with van der Waals surface area (Å²) < 4.78 is 16.7. The minimum Gasteiger partial charge on any atom is -0.462 e. The average Bonchev–Trinajstić information content (AvgIpc) is 3.24. The van der Waals surface area contributed by atoms with E-state index in [0.717, 1.165) is 96.3 Å². The third kappa shape index (κ3) is 45.2. The molecule has 6 heteroatoms. The van der Waals surface area contributed by atoms with Crippen molar-refractivity contribution >= 4 is 17.9 Å². The second-order valence-corrected chi connectivity index (χ2v) is 15.5. The fourth-order valence-corrected chi connectivity index (χ4v) is 6.18. The highest BCUT2D eigenvalue weighted by atomic mass is 16.6. The predicted octanol–water partition coefficient (Wildman–Crippen LogP) is 15.6. The normalized spacial score (nSPS) is 13.1. The standard InChI is InChI=1S/C54H86O6/c1-4-7-10-13-16-19-22-25-26-27-28-30-32-35-38-41-44-47-53(56)59-50-51(49-58-52(55)46-43-40-37-34-31-24-21-18-15-12-9-6-3)60-54(57)48-45-42-39-36-33-29-23-20-17-14-11-8-5-2/h7-8,10-11,13-14,16-17,19-20,22-23,25-28,30,32,51H,4-6,9,12,15,18,21,24,29,31,33-50H2,1-3H3/b10-7-,11-8-,16-13-,17-14-,22-19-,23-20-,26-25-,28-27+,32-30-. The van der Waals surface area contributed by atoms with Crippen LogP contribution in [0, 0.1) is 0 Å². The zero-order valence-electron chi connectivity index (χ0n) is 38.4. The highest BCUT2D eigenvalue weighted by Crippen LogP contribution is 2.14. The van der Waals surface area contributed by atoms with Crippen LogP contribution in [-0.2, 0) is 28.6 Å². The Morgan fingerprint density at radius 1 is 0.350 bits per heavy atom. The Balaban J connectivity index is 4.52. The highest BCUT2D eigenvalue weighted by Gasteiger charge is 2.19. The Kier molecular flexibility index (Phi) is 44.6. The van der Waals surface area contributed by atoms with Crippen LogP contribution >= 0.6 is 0 Å². The largest absolute Gasteiger partial charge is 0.462 e. The zero-order chi connectivity index (χ0) is 43.7. The number of allylic oxidation sites excluding steroid dienone is 18. The number of rotatable bonds is 41. The molecule has 0 aromatic carbocycles. The molecule has 0 aliphatic carbocycles. The van der Waals surface area contributed by atoms with E-state index in [9.17, 15) is 14.4 Å². The van der Waals surface area contributed by atoms with E-state index in [-0.39, 0.29) is 31.1 Å². The fraction of sp³-hybridized carbons (Fsp3) is 0.611. The van der Waals surface area contributed by atoms with Crippen LogP contribution in [0.1, 0.15) is 194 Å². The molecule has 0 fully saturated rings. The molecule has 0 N–H and O–H groups in total. The molecule has 0 heterocycles. The van der Waals surface area contributed by atoms with E-state index in [1.54, 1.807) is 0 Å². The van der Waals surface area contributed by atoms with Crippen molar-refractivity contribution in [2.45, 2.75) is 200 Å². The van der Waals surface area contributed by atoms with Crippen LogP contribution in [0.15, 0.2) is 109 Å². The zero-order valence-corrected chi connectivity index (χ0v) is 38.4. The number of esters is 3. The number of hydrogen-bond donors (Lipinski definition) is 0. The van der Waals surface area contributed by atoms with Crippen LogP contribution in [0.2, 0.25) is 0 Å². The van der Waals surface area contributed by atoms with Crippen molar-refractivity contribution in [3.8, 4) is 0 Å². The van der Waals surface area contributed by atoms with Crippen LogP contribution in [0.25, 0.3) is 0 Å². The Morgan fingerprint density at radius 2 is 0.650 bits per heavy atom. The average molecular weight is 831 g/mol. The summed E-state index contributed by atoms with van der Waals surface area (Å²) in [6, 6.07) is 0. The van der Waals surface area contributed by atoms with E-state index < -0.39 is 6.10 Å². The molecule has 0 saturated carbocycles. The van der Waals surface area contributed by atoms with Crippen molar-refractivity contribution in [1.29, 1.82) is 0 Å². The minimum absolute atomic E-state index is 0.102. The second-order valence-electron chi connectivity index (χ2n) is 15.5. The molecule has 0 aromatic heterocycles. The first-order valence-corrected chi connectivity index (χ1v) is 24.0. The van der Waals surface area contributed by atoms with Gasteiger partial charge in [0, 0.05) is 19.3 Å². The van der Waals surface area contributed by atoms with Gasteiger partial charge in [-0.3, -0.25) is 14.4 Å². The first-order chi connectivity index (χ1) is 29.5. The summed E-state index contributed by atoms with van der Waals surface area (Å²) in [7, 11) is 0. The van der Waals surface area contributed by atoms with Gasteiger partial charge in [-0.1, -0.05) is 226 Å². The second kappa shape index (κ2) is 47.7. The number of unbranched alkanes of at least 4 members (excludes halogenated alkanes) is 19. The summed E-state index contributed by atoms with van der Waals surface area (Å²) in [5.74, 6) is -0.976. The van der Waals surface area contributed by atoms with Gasteiger partial charge in [0.1, 0.15) is 13.2 Å². The van der Waals surface area contributed by atoms with E-state index in [1.165, 1.54) is 57.8 Å². The summed E-state index contributed by atoms with van der Waals surface area (Å²) in [6.45, 7) is 6.28. The van der Waals surface area contributed by atoms with Crippen LogP contribution in [0.3, 0.4) is 0 Å². The Labute approximate surface area is 368 Å². The quantitative estimate of drug-likeness (QED) is 0.0264. The Hall–Kier alpha value is -3.93. The maximum absolute atomic E-state index is 12.7. The summed E-state index contributed by atoms with van der Waals surface area (Å²) in [5.41, 5.74) is 0. The van der Waals surface area contributed by atoms with Crippen molar-refractivity contribution in [2.24, 2.45) is 0 Å². The van der Waals surface area contributed by atoms with Crippen LogP contribution < -0.4 is 0 Å². The molecule has 0 radical (unpaired) electrons. The van der Waals surface area contributed by atoms with E-state index in [2.05, 4.69) is 63.3 Å². The maximum Gasteiger partial charge on any atom is 0.306 e. The van der Waals surface area contributed by atoms with Crippen molar-refractivity contribution in [1.82, 2.24) is 0 Å². The highest BCUT2D eigenvalue weighted by molar-refractivity contribution is 5.71. The molecular formula is C54H86O6. The van der Waals surface area contributed by atoms with Gasteiger partial charge in [0.05, 0.1) is 0 Å². The lowest BCUT2D eigenvalue weighted by atomic mass is 10.0. The Bertz CT molecular complexity index is 1280. The van der Waals surface area contributed by atoms with Gasteiger partial charge in [-0.05, 0) is 57.8 Å². The van der Waals surface area contributed by atoms with Crippen LogP contribution in [-0.4, -0.2) is 37.2 Å². The summed E-state index contributed by atoms with van der Waals surface area (Å²) >= 11 is 0. The molecule has 0 aliphatic heterocycles. The third-order valence-electron chi connectivity index (χ3n) is 9.75. The molecule has 60 heavy (non-hydrogen) atoms. The predicted molar refractivity (Wildman–Crippen MR) is 256 cm³/mol. The van der Waals surface area contributed by atoms with Crippen molar-refractivity contribution in [3.63, 3.8) is 0 Å². The van der Waals surface area contributed by atoms with Crippen molar-refractivity contribution in [3.05, 3.63) is 109 Å². The minimum atomic E-state index is -0.806. The first kappa shape index (κ1) is 56.1.